The number of aliphatic carboxylic acids is 1. The molecule has 0 bridgehead atoms. The van der Waals surface area contributed by atoms with Crippen LogP contribution in [0.2, 0.25) is 0 Å². The summed E-state index contributed by atoms with van der Waals surface area (Å²) in [5.41, 5.74) is 3.62. The second-order valence-corrected chi connectivity index (χ2v) is 12.0. The number of hydrogen-bond donors (Lipinski definition) is 1. The number of carboxylic acids is 1. The number of benzene rings is 2. The van der Waals surface area contributed by atoms with E-state index in [-0.39, 0.29) is 18.1 Å². The van der Waals surface area contributed by atoms with Crippen LogP contribution in [0.15, 0.2) is 72.2 Å². The van der Waals surface area contributed by atoms with Gasteiger partial charge >= 0.3 is 12.1 Å². The number of hydrogen-bond acceptors (Lipinski definition) is 6. The minimum atomic E-state index is -4.59. The predicted octanol–water partition coefficient (Wildman–Crippen LogP) is 7.59. The topological polar surface area (TPSA) is 96.3 Å². The highest BCUT2D eigenvalue weighted by Crippen LogP contribution is 2.32. The number of thiazole rings is 1. The Bertz CT molecular complexity index is 1870. The van der Waals surface area contributed by atoms with E-state index < -0.39 is 29.2 Å². The van der Waals surface area contributed by atoms with E-state index in [4.69, 9.17) is 0 Å². The third kappa shape index (κ3) is 6.19. The number of aryl methyl sites for hydroxylation is 1. The van der Waals surface area contributed by atoms with Crippen molar-refractivity contribution in [2.24, 2.45) is 0 Å². The van der Waals surface area contributed by atoms with Gasteiger partial charge in [-0.15, -0.1) is 11.3 Å². The molecule has 1 amide bonds. The van der Waals surface area contributed by atoms with E-state index in [0.717, 1.165) is 33.4 Å². The highest BCUT2D eigenvalue weighted by atomic mass is 32.1. The van der Waals surface area contributed by atoms with Crippen LogP contribution in [0.25, 0.3) is 22.2 Å². The number of carboxylic acid groups (broad SMARTS) is 1. The van der Waals surface area contributed by atoms with E-state index >= 15 is 0 Å². The first-order chi connectivity index (χ1) is 20.8. The molecule has 0 spiro atoms. The van der Waals surface area contributed by atoms with Crippen molar-refractivity contribution in [2.75, 3.05) is 0 Å². The summed E-state index contributed by atoms with van der Waals surface area (Å²) < 4.78 is 39.9. The van der Waals surface area contributed by atoms with Crippen LogP contribution in [-0.4, -0.2) is 36.8 Å². The van der Waals surface area contributed by atoms with E-state index in [1.807, 2.05) is 42.5 Å². The summed E-state index contributed by atoms with van der Waals surface area (Å²) in [4.78, 5) is 40.1. The Balaban J connectivity index is 1.50. The van der Waals surface area contributed by atoms with E-state index in [1.54, 1.807) is 52.1 Å². The lowest BCUT2D eigenvalue weighted by Gasteiger charge is -2.24. The summed E-state index contributed by atoms with van der Waals surface area (Å²) in [5, 5.41) is 10.7. The van der Waals surface area contributed by atoms with Crippen molar-refractivity contribution in [1.82, 2.24) is 19.9 Å². The molecule has 0 atom stereocenters. The predicted molar refractivity (Wildman–Crippen MR) is 162 cm³/mol. The number of amides is 1. The number of fused-ring (bicyclic) bond motifs is 1. The molecule has 0 fully saturated rings. The van der Waals surface area contributed by atoms with Gasteiger partial charge in [-0.25, -0.2) is 4.98 Å². The highest BCUT2D eigenvalue weighted by Gasteiger charge is 2.34. The highest BCUT2D eigenvalue weighted by molar-refractivity contribution is 7.09. The first-order valence-electron chi connectivity index (χ1n) is 13.7. The molecule has 44 heavy (non-hydrogen) atoms. The molecule has 11 heteroatoms. The second kappa shape index (κ2) is 11.8. The molecule has 5 rings (SSSR count). The molecule has 226 valence electrons. The number of alkyl halides is 3. The van der Waals surface area contributed by atoms with Crippen molar-refractivity contribution in [1.29, 1.82) is 0 Å². The van der Waals surface area contributed by atoms with Gasteiger partial charge in [0.1, 0.15) is 10.5 Å². The van der Waals surface area contributed by atoms with Gasteiger partial charge in [0.05, 0.1) is 23.0 Å². The lowest BCUT2D eigenvalue weighted by Crippen LogP contribution is -2.31. The molecule has 0 aliphatic heterocycles. The van der Waals surface area contributed by atoms with Crippen LogP contribution in [-0.2, 0) is 29.5 Å². The van der Waals surface area contributed by atoms with E-state index in [2.05, 4.69) is 15.0 Å². The molecule has 5 aromatic rings. The molecule has 1 N–H and O–H groups in total. The van der Waals surface area contributed by atoms with Crippen molar-refractivity contribution in [2.45, 2.75) is 52.4 Å². The largest absolute Gasteiger partial charge is 0.481 e. The summed E-state index contributed by atoms with van der Waals surface area (Å²) in [6.07, 6.45) is -3.02. The fraction of sp³-hybridized carbons (Fsp3) is 0.242. The van der Waals surface area contributed by atoms with Gasteiger partial charge in [0.25, 0.3) is 5.91 Å². The number of pyridine rings is 2. The van der Waals surface area contributed by atoms with E-state index in [1.165, 1.54) is 4.90 Å². The summed E-state index contributed by atoms with van der Waals surface area (Å²) in [6.45, 7) is 6.83. The van der Waals surface area contributed by atoms with Crippen molar-refractivity contribution in [3.05, 3.63) is 111 Å². The molecule has 7 nitrogen and oxygen atoms in total. The van der Waals surface area contributed by atoms with Gasteiger partial charge in [-0.1, -0.05) is 48.5 Å². The van der Waals surface area contributed by atoms with E-state index in [0.29, 0.717) is 33.4 Å². The molecular weight excluding hydrogens is 589 g/mol. The Morgan fingerprint density at radius 3 is 2.32 bits per heavy atom. The van der Waals surface area contributed by atoms with Crippen LogP contribution in [0.1, 0.15) is 57.3 Å². The molecule has 0 unspecified atom stereocenters. The van der Waals surface area contributed by atoms with Crippen LogP contribution < -0.4 is 0 Å². The summed E-state index contributed by atoms with van der Waals surface area (Å²) in [6, 6.07) is 18.2. The van der Waals surface area contributed by atoms with E-state index in [9.17, 15) is 27.9 Å². The van der Waals surface area contributed by atoms with Crippen LogP contribution >= 0.6 is 11.3 Å². The molecule has 0 aliphatic rings. The quantitative estimate of drug-likeness (QED) is 0.193. The molecule has 0 radical (unpaired) electrons. The fourth-order valence-corrected chi connectivity index (χ4v) is 5.65. The molecule has 0 saturated heterocycles. The zero-order valence-corrected chi connectivity index (χ0v) is 25.3. The molecule has 0 saturated carbocycles. The van der Waals surface area contributed by atoms with Gasteiger partial charge in [0.15, 0.2) is 5.69 Å². The molecule has 3 heterocycles. The zero-order chi connectivity index (χ0) is 31.8. The Hall–Kier alpha value is -4.64. The first kappa shape index (κ1) is 30.8. The maximum Gasteiger partial charge on any atom is 0.434 e. The van der Waals surface area contributed by atoms with Crippen LogP contribution in [0.3, 0.4) is 0 Å². The van der Waals surface area contributed by atoms with Crippen LogP contribution in [0.4, 0.5) is 13.2 Å². The Labute approximate surface area is 256 Å². The molecule has 0 aliphatic carbocycles. The van der Waals surface area contributed by atoms with Crippen molar-refractivity contribution >= 4 is 34.2 Å². The third-order valence-corrected chi connectivity index (χ3v) is 8.51. The van der Waals surface area contributed by atoms with Gasteiger partial charge < -0.3 is 10.0 Å². The molecular formula is C33H29F3N4O3S. The normalized spacial score (nSPS) is 12.0. The molecule has 2 aromatic carbocycles. The van der Waals surface area contributed by atoms with Gasteiger partial charge in [-0.05, 0) is 67.6 Å². The number of rotatable bonds is 8. The second-order valence-electron chi connectivity index (χ2n) is 11.1. The number of carbonyl (C=O) groups excluding carboxylic acids is 1. The standard InChI is InChI=1S/C33H29F3N4O3S/c1-19-20(2)38-25-9-6-14-37-29(25)28(19)30(41)40(17-27-39-26(18-44-27)33(34,35)36)16-21-10-12-22(13-11-21)23-7-5-8-24(15-23)32(3,4)31(42)43/h5-15,18H,16-17H2,1-4H3,(H,42,43). The maximum absolute atomic E-state index is 14.2. The smallest absolute Gasteiger partial charge is 0.434 e. The number of carbonyl (C=O) groups is 2. The monoisotopic (exact) mass is 618 g/mol. The molecule has 3 aromatic heterocycles. The zero-order valence-electron chi connectivity index (χ0n) is 24.4. The Morgan fingerprint density at radius 2 is 1.66 bits per heavy atom. The first-order valence-corrected chi connectivity index (χ1v) is 14.6. The summed E-state index contributed by atoms with van der Waals surface area (Å²) in [5.74, 6) is -1.33. The number of aromatic nitrogens is 3. The Morgan fingerprint density at radius 1 is 0.932 bits per heavy atom. The fourth-order valence-electron chi connectivity index (χ4n) is 4.83. The van der Waals surface area contributed by atoms with Gasteiger partial charge in [-0.3, -0.25) is 19.6 Å². The van der Waals surface area contributed by atoms with Crippen LogP contribution in [0.5, 0.6) is 0 Å². The van der Waals surface area contributed by atoms with Gasteiger partial charge in [-0.2, -0.15) is 13.2 Å². The number of nitrogens with zero attached hydrogens (tertiary/aromatic N) is 4. The minimum absolute atomic E-state index is 0.0985. The SMILES string of the molecule is Cc1nc2cccnc2c(C(=O)N(Cc2ccc(-c3cccc(C(C)(C)C(=O)O)c3)cc2)Cc2nc(C(F)(F)F)cs2)c1C. The van der Waals surface area contributed by atoms with Crippen molar-refractivity contribution < 1.29 is 27.9 Å². The maximum atomic E-state index is 14.2. The van der Waals surface area contributed by atoms with Crippen molar-refractivity contribution in [3.8, 4) is 11.1 Å². The van der Waals surface area contributed by atoms with Crippen molar-refractivity contribution in [3.63, 3.8) is 0 Å². The van der Waals surface area contributed by atoms with Crippen LogP contribution in [0, 0.1) is 13.8 Å². The third-order valence-electron chi connectivity index (χ3n) is 7.68. The minimum Gasteiger partial charge on any atom is -0.481 e. The summed E-state index contributed by atoms with van der Waals surface area (Å²) >= 11 is 0.849. The van der Waals surface area contributed by atoms with Gasteiger partial charge in [0, 0.05) is 23.8 Å². The summed E-state index contributed by atoms with van der Waals surface area (Å²) in [7, 11) is 0. The average Bonchev–Trinajstić information content (AvgIpc) is 3.47. The average molecular weight is 619 g/mol. The Kier molecular flexibility index (Phi) is 8.26. The lowest BCUT2D eigenvalue weighted by molar-refractivity contribution is -0.142. The number of halogens is 3. The lowest BCUT2D eigenvalue weighted by atomic mass is 9.83. The van der Waals surface area contributed by atoms with Gasteiger partial charge in [0.2, 0.25) is 0 Å².